The predicted molar refractivity (Wildman–Crippen MR) is 181 cm³/mol. The number of ketones is 1. The normalized spacial score (nSPS) is 11.8. The molecular weight excluding hydrogens is 726 g/mol. The van der Waals surface area contributed by atoms with Crippen molar-refractivity contribution in [1.29, 1.82) is 0 Å². The minimum atomic E-state index is -6.17. The molecule has 0 spiro atoms. The molecule has 0 radical (unpaired) electrons. The van der Waals surface area contributed by atoms with Gasteiger partial charge in [-0.3, -0.25) is 14.4 Å². The Bertz CT molecular complexity index is 2240. The molecule has 0 fully saturated rings. The first kappa shape index (κ1) is 38.4. The number of alkyl halides is 6. The van der Waals surface area contributed by atoms with Crippen molar-refractivity contribution in [3.05, 3.63) is 143 Å². The lowest BCUT2D eigenvalue weighted by Crippen LogP contribution is -2.54. The number of anilines is 2. The van der Waals surface area contributed by atoms with Gasteiger partial charge in [0.05, 0.1) is 22.5 Å². The number of amides is 2. The number of hydrogen-bond donors (Lipinski definition) is 5. The second-order valence-electron chi connectivity index (χ2n) is 11.7. The van der Waals surface area contributed by atoms with E-state index in [0.29, 0.717) is 41.6 Å². The van der Waals surface area contributed by atoms with Crippen LogP contribution in [0, 0.1) is 0 Å². The van der Waals surface area contributed by atoms with E-state index in [0.717, 1.165) is 12.1 Å². The van der Waals surface area contributed by atoms with Crippen molar-refractivity contribution < 1.29 is 65.6 Å². The lowest BCUT2D eigenvalue weighted by molar-refractivity contribution is -0.288. The Hall–Kier alpha value is -6.84. The smallest absolute Gasteiger partial charge is 0.411 e. The first-order valence-electron chi connectivity index (χ1n) is 15.5. The SMILES string of the molecule is CC(=O)c1ccc(Oc2ccc(C(=O)Nc3cc(C(c4ccc(O)c(NC(=O)c5ccccc5C(=O)O)c4)(C(F)(F)F)C(F)(F)F)ccc3O)cc2)cc1. The summed E-state index contributed by atoms with van der Waals surface area (Å²) in [5.41, 5.74) is -10.4. The van der Waals surface area contributed by atoms with Crippen molar-refractivity contribution in [3.63, 3.8) is 0 Å². The quantitative estimate of drug-likeness (QED) is 0.0538. The zero-order chi connectivity index (χ0) is 39.6. The fraction of sp³-hybridized carbons (Fsp3) is 0.105. The molecule has 0 heterocycles. The third-order valence-corrected chi connectivity index (χ3v) is 8.22. The van der Waals surface area contributed by atoms with Gasteiger partial charge in [0.2, 0.25) is 5.41 Å². The van der Waals surface area contributed by atoms with E-state index >= 15 is 26.3 Å². The molecule has 0 unspecified atom stereocenters. The van der Waals surface area contributed by atoms with Crippen LogP contribution in [0.2, 0.25) is 0 Å². The standard InChI is InChI=1S/C38H26F6N2O8/c1-20(47)21-6-12-25(13-7-21)54-26-14-8-22(9-15-26)33(50)45-29-18-23(10-16-31(29)48)36(37(39,40)41,38(42,43)44)24-11-17-32(49)30(19-24)46-34(51)27-4-2-3-5-28(27)35(52)53/h2-19,48-49H,1H3,(H,45,50)(H,46,51)(H,52,53). The maximum Gasteiger partial charge on any atom is 0.411 e. The molecule has 5 rings (SSSR count). The fourth-order valence-electron chi connectivity index (χ4n) is 5.54. The van der Waals surface area contributed by atoms with Crippen molar-refractivity contribution in [1.82, 2.24) is 0 Å². The van der Waals surface area contributed by atoms with Crippen LogP contribution in [0.15, 0.2) is 109 Å². The van der Waals surface area contributed by atoms with E-state index in [1.807, 2.05) is 5.32 Å². The van der Waals surface area contributed by atoms with Gasteiger partial charge in [0.25, 0.3) is 11.8 Å². The molecule has 2 amide bonds. The van der Waals surface area contributed by atoms with Crippen molar-refractivity contribution in [2.45, 2.75) is 24.7 Å². The number of aromatic hydroxyl groups is 2. The third kappa shape index (κ3) is 7.53. The van der Waals surface area contributed by atoms with Gasteiger partial charge in [-0.05, 0) is 103 Å². The number of halogens is 6. The fourth-order valence-corrected chi connectivity index (χ4v) is 5.54. The summed E-state index contributed by atoms with van der Waals surface area (Å²) in [5, 5.41) is 34.3. The Morgan fingerprint density at radius 3 is 1.43 bits per heavy atom. The topological polar surface area (TPSA) is 162 Å². The van der Waals surface area contributed by atoms with Crippen LogP contribution >= 0.6 is 0 Å². The van der Waals surface area contributed by atoms with Gasteiger partial charge >= 0.3 is 18.3 Å². The largest absolute Gasteiger partial charge is 0.506 e. The molecule has 5 aromatic rings. The Balaban J connectivity index is 1.49. The summed E-state index contributed by atoms with van der Waals surface area (Å²) in [7, 11) is 0. The summed E-state index contributed by atoms with van der Waals surface area (Å²) in [6.07, 6.45) is -12.3. The van der Waals surface area contributed by atoms with Crippen LogP contribution in [0.5, 0.6) is 23.0 Å². The highest BCUT2D eigenvalue weighted by molar-refractivity contribution is 6.11. The van der Waals surface area contributed by atoms with Gasteiger partial charge in [0, 0.05) is 11.1 Å². The lowest BCUT2D eigenvalue weighted by atomic mass is 9.72. The molecule has 278 valence electrons. The van der Waals surface area contributed by atoms with Crippen molar-refractivity contribution in [3.8, 4) is 23.0 Å². The zero-order valence-corrected chi connectivity index (χ0v) is 27.5. The number of nitrogens with one attached hydrogen (secondary N) is 2. The Labute approximate surface area is 301 Å². The van der Waals surface area contributed by atoms with E-state index < -0.39 is 80.7 Å². The van der Waals surface area contributed by atoms with E-state index in [4.69, 9.17) is 4.74 Å². The Morgan fingerprint density at radius 2 is 1.00 bits per heavy atom. The number of carboxylic acid groups (broad SMARTS) is 1. The number of benzene rings is 5. The molecule has 0 aromatic heterocycles. The van der Waals surface area contributed by atoms with Crippen LogP contribution in [0.25, 0.3) is 0 Å². The van der Waals surface area contributed by atoms with E-state index in [1.54, 1.807) is 0 Å². The molecule has 0 saturated carbocycles. The van der Waals surface area contributed by atoms with Crippen LogP contribution in [-0.2, 0) is 5.41 Å². The molecule has 16 heteroatoms. The lowest BCUT2D eigenvalue weighted by Gasteiger charge is -2.38. The molecule has 0 bridgehead atoms. The van der Waals surface area contributed by atoms with Crippen LogP contribution < -0.4 is 15.4 Å². The number of carboxylic acids is 1. The van der Waals surface area contributed by atoms with Gasteiger partial charge in [-0.15, -0.1) is 0 Å². The molecule has 0 saturated heterocycles. The molecule has 0 atom stereocenters. The van der Waals surface area contributed by atoms with E-state index in [9.17, 15) is 34.5 Å². The third-order valence-electron chi connectivity index (χ3n) is 8.22. The van der Waals surface area contributed by atoms with Gasteiger partial charge in [-0.1, -0.05) is 24.3 Å². The summed E-state index contributed by atoms with van der Waals surface area (Å²) in [5.74, 6) is -5.24. The highest BCUT2D eigenvalue weighted by Gasteiger charge is 2.72. The second kappa shape index (κ2) is 14.7. The summed E-state index contributed by atoms with van der Waals surface area (Å²) >= 11 is 0. The van der Waals surface area contributed by atoms with Crippen molar-refractivity contribution in [2.24, 2.45) is 0 Å². The van der Waals surface area contributed by atoms with Crippen LogP contribution in [0.3, 0.4) is 0 Å². The molecule has 0 aliphatic carbocycles. The average Bonchev–Trinajstić information content (AvgIpc) is 3.10. The number of aromatic carboxylic acids is 1. The summed E-state index contributed by atoms with van der Waals surface area (Å²) in [6.45, 7) is 1.39. The number of carbonyl (C=O) groups excluding carboxylic acids is 3. The first-order valence-corrected chi connectivity index (χ1v) is 15.5. The van der Waals surface area contributed by atoms with E-state index in [1.165, 1.54) is 67.6 Å². The maximum atomic E-state index is 15.0. The number of hydrogen-bond acceptors (Lipinski definition) is 7. The monoisotopic (exact) mass is 752 g/mol. The van der Waals surface area contributed by atoms with Crippen molar-refractivity contribution in [2.75, 3.05) is 10.6 Å². The van der Waals surface area contributed by atoms with Crippen molar-refractivity contribution >= 4 is 34.9 Å². The van der Waals surface area contributed by atoms with Crippen LogP contribution in [0.4, 0.5) is 37.7 Å². The molecule has 5 N–H and O–H groups in total. The average molecular weight is 753 g/mol. The molecule has 0 aliphatic heterocycles. The number of rotatable bonds is 10. The minimum absolute atomic E-state index is 0.125. The number of ether oxygens (including phenoxy) is 1. The molecule has 10 nitrogen and oxygen atoms in total. The first-order chi connectivity index (χ1) is 25.3. The number of Topliss-reactive ketones (excluding diaryl/α,β-unsaturated/α-hetero) is 1. The van der Waals surface area contributed by atoms with Crippen LogP contribution in [-0.4, -0.2) is 51.2 Å². The van der Waals surface area contributed by atoms with Gasteiger partial charge in [-0.25, -0.2) is 4.79 Å². The summed E-state index contributed by atoms with van der Waals surface area (Å²) in [4.78, 5) is 49.1. The van der Waals surface area contributed by atoms with E-state index in [-0.39, 0.29) is 23.2 Å². The number of carbonyl (C=O) groups is 4. The summed E-state index contributed by atoms with van der Waals surface area (Å²) in [6, 6.07) is 18.2. The maximum absolute atomic E-state index is 15.0. The summed E-state index contributed by atoms with van der Waals surface area (Å²) < 4.78 is 95.9. The highest BCUT2D eigenvalue weighted by atomic mass is 19.4. The van der Waals surface area contributed by atoms with Crippen LogP contribution in [0.1, 0.15) is 59.5 Å². The highest BCUT2D eigenvalue weighted by Crippen LogP contribution is 2.57. The number of phenolic OH excluding ortho intramolecular Hbond substituents is 2. The Kier molecular flexibility index (Phi) is 10.4. The molecule has 54 heavy (non-hydrogen) atoms. The van der Waals surface area contributed by atoms with E-state index in [2.05, 4.69) is 5.32 Å². The minimum Gasteiger partial charge on any atom is -0.506 e. The zero-order valence-electron chi connectivity index (χ0n) is 27.5. The predicted octanol–water partition coefficient (Wildman–Crippen LogP) is 8.71. The molecular formula is C38H26F6N2O8. The van der Waals surface area contributed by atoms with Gasteiger partial charge in [0.1, 0.15) is 23.0 Å². The molecule has 0 aliphatic rings. The Morgan fingerprint density at radius 1 is 0.574 bits per heavy atom. The second-order valence-corrected chi connectivity index (χ2v) is 11.7. The van der Waals surface area contributed by atoms with Gasteiger partial charge < -0.3 is 30.7 Å². The number of phenols is 2. The van der Waals surface area contributed by atoms with Gasteiger partial charge in [0.15, 0.2) is 5.78 Å². The molecule has 5 aromatic carbocycles. The van der Waals surface area contributed by atoms with Gasteiger partial charge in [-0.2, -0.15) is 26.3 Å².